The number of nitrogens with zero attached hydrogens (tertiary/aromatic N) is 2. The Kier molecular flexibility index (Phi) is 5.39. The molecule has 28 heavy (non-hydrogen) atoms. The Balaban J connectivity index is 2.15. The molecule has 146 valence electrons. The highest BCUT2D eigenvalue weighted by Crippen LogP contribution is 2.25. The number of aromatic amines is 1. The molecule has 0 atom stereocenters. The maximum atomic E-state index is 13.4. The molecule has 1 N–H and O–H groups in total. The molecule has 0 bridgehead atoms. The lowest BCUT2D eigenvalue weighted by atomic mass is 10.1. The lowest BCUT2D eigenvalue weighted by molar-refractivity contribution is 0.412. The molecule has 3 rings (SSSR count). The first-order valence-corrected chi connectivity index (χ1v) is 8.71. The zero-order valence-electron chi connectivity index (χ0n) is 15.7. The Labute approximate surface area is 159 Å². The smallest absolute Gasteiger partial charge is 0.331 e. The van der Waals surface area contributed by atoms with E-state index in [0.717, 1.165) is 27.8 Å². The minimum Gasteiger partial charge on any atom is -0.440 e. The van der Waals surface area contributed by atoms with Crippen LogP contribution in [0.2, 0.25) is 0 Å². The van der Waals surface area contributed by atoms with E-state index >= 15 is 0 Å². The number of rotatable bonds is 5. The maximum absolute atomic E-state index is 13.4. The van der Waals surface area contributed by atoms with Crippen LogP contribution in [0, 0.1) is 25.7 Å². The van der Waals surface area contributed by atoms with Gasteiger partial charge < -0.3 is 4.74 Å². The van der Waals surface area contributed by atoms with Crippen molar-refractivity contribution in [2.45, 2.75) is 33.7 Å². The summed E-state index contributed by atoms with van der Waals surface area (Å²) in [6.45, 7) is 5.35. The molecule has 0 spiro atoms. The van der Waals surface area contributed by atoms with Crippen LogP contribution in [0.5, 0.6) is 11.6 Å². The minimum absolute atomic E-state index is 0.0406. The highest BCUT2D eigenvalue weighted by Gasteiger charge is 2.17. The number of aryl methyl sites for hydroxylation is 2. The van der Waals surface area contributed by atoms with Crippen molar-refractivity contribution in [1.82, 2.24) is 14.5 Å². The number of pyridine rings is 1. The van der Waals surface area contributed by atoms with Crippen LogP contribution in [-0.2, 0) is 13.0 Å². The maximum Gasteiger partial charge on any atom is 0.331 e. The molecule has 3 aromatic rings. The summed E-state index contributed by atoms with van der Waals surface area (Å²) in [5.74, 6) is -1.50. The highest BCUT2D eigenvalue weighted by molar-refractivity contribution is 5.37. The summed E-state index contributed by atoms with van der Waals surface area (Å²) in [4.78, 5) is 30.0. The monoisotopic (exact) mass is 387 g/mol. The number of nitrogens with one attached hydrogen (secondary N) is 1. The zero-order chi connectivity index (χ0) is 20.4. The van der Waals surface area contributed by atoms with E-state index in [-0.39, 0.29) is 23.6 Å². The van der Waals surface area contributed by atoms with E-state index in [4.69, 9.17) is 4.74 Å². The van der Waals surface area contributed by atoms with Crippen LogP contribution >= 0.6 is 0 Å². The fourth-order valence-corrected chi connectivity index (χ4v) is 3.06. The fourth-order valence-electron chi connectivity index (χ4n) is 3.06. The van der Waals surface area contributed by atoms with Crippen molar-refractivity contribution in [3.63, 3.8) is 0 Å². The van der Waals surface area contributed by atoms with E-state index < -0.39 is 23.1 Å². The normalized spacial score (nSPS) is 10.9. The van der Waals surface area contributed by atoms with Crippen LogP contribution in [0.15, 0.2) is 39.9 Å². The quantitative estimate of drug-likeness (QED) is 0.682. The first kappa shape index (κ1) is 19.5. The number of hydrogen-bond donors (Lipinski definition) is 1. The lowest BCUT2D eigenvalue weighted by Gasteiger charge is -2.17. The molecule has 0 saturated carbocycles. The van der Waals surface area contributed by atoms with Crippen LogP contribution in [0.1, 0.15) is 29.2 Å². The van der Waals surface area contributed by atoms with Crippen LogP contribution in [-0.4, -0.2) is 14.5 Å². The van der Waals surface area contributed by atoms with Crippen molar-refractivity contribution >= 4 is 0 Å². The molecule has 0 amide bonds. The average molecular weight is 387 g/mol. The number of aromatic nitrogens is 3. The Bertz CT molecular complexity index is 1110. The van der Waals surface area contributed by atoms with Crippen molar-refractivity contribution < 1.29 is 13.5 Å². The van der Waals surface area contributed by atoms with Gasteiger partial charge in [0.25, 0.3) is 5.56 Å². The molecule has 2 heterocycles. The number of hydrogen-bond acceptors (Lipinski definition) is 4. The van der Waals surface area contributed by atoms with Crippen LogP contribution in [0.4, 0.5) is 8.78 Å². The van der Waals surface area contributed by atoms with Crippen LogP contribution in [0.25, 0.3) is 0 Å². The van der Waals surface area contributed by atoms with Gasteiger partial charge in [0.05, 0.1) is 12.1 Å². The van der Waals surface area contributed by atoms with E-state index in [2.05, 4.69) is 9.97 Å². The second-order valence-corrected chi connectivity index (χ2v) is 6.53. The second-order valence-electron chi connectivity index (χ2n) is 6.53. The molecular formula is C20H19F2N3O3. The number of benzene rings is 1. The summed E-state index contributed by atoms with van der Waals surface area (Å²) < 4.78 is 34.0. The molecule has 0 aliphatic rings. The van der Waals surface area contributed by atoms with E-state index in [1.807, 2.05) is 19.9 Å². The predicted molar refractivity (Wildman–Crippen MR) is 99.9 cm³/mol. The largest absolute Gasteiger partial charge is 0.440 e. The van der Waals surface area contributed by atoms with Gasteiger partial charge in [-0.15, -0.1) is 0 Å². The molecule has 0 radical (unpaired) electrons. The Morgan fingerprint density at radius 3 is 2.21 bits per heavy atom. The van der Waals surface area contributed by atoms with Crippen molar-refractivity contribution in [2.24, 2.45) is 0 Å². The minimum atomic E-state index is -1.00. The Morgan fingerprint density at radius 2 is 1.64 bits per heavy atom. The molecule has 6 nitrogen and oxygen atoms in total. The van der Waals surface area contributed by atoms with Gasteiger partial charge in [0, 0.05) is 0 Å². The standard InChI is InChI=1S/C20H19F2N3O3/c1-4-15-18(26)24-20(27)25(10-13-8-16(21)23-17(22)9-13)19(15)28-14-6-11(2)5-12(3)7-14/h5-9H,4,10H2,1-3H3,(H,24,26,27). The second kappa shape index (κ2) is 7.75. The molecule has 8 heteroatoms. The predicted octanol–water partition coefficient (Wildman–Crippen LogP) is 3.23. The van der Waals surface area contributed by atoms with E-state index in [0.29, 0.717) is 12.2 Å². The molecule has 1 aromatic carbocycles. The van der Waals surface area contributed by atoms with Crippen molar-refractivity contribution in [3.8, 4) is 11.6 Å². The van der Waals surface area contributed by atoms with E-state index in [9.17, 15) is 18.4 Å². The third kappa shape index (κ3) is 4.16. The van der Waals surface area contributed by atoms with Crippen LogP contribution in [0.3, 0.4) is 0 Å². The Hall–Kier alpha value is -3.29. The zero-order valence-corrected chi connectivity index (χ0v) is 15.7. The van der Waals surface area contributed by atoms with Gasteiger partial charge in [-0.25, -0.2) is 4.79 Å². The number of halogens is 2. The summed E-state index contributed by atoms with van der Waals surface area (Å²) in [7, 11) is 0. The third-order valence-corrected chi connectivity index (χ3v) is 4.17. The Morgan fingerprint density at radius 1 is 1.04 bits per heavy atom. The average Bonchev–Trinajstić information content (AvgIpc) is 2.56. The first-order valence-electron chi connectivity index (χ1n) is 8.71. The van der Waals surface area contributed by atoms with Gasteiger partial charge in [0.15, 0.2) is 0 Å². The molecular weight excluding hydrogens is 368 g/mol. The van der Waals surface area contributed by atoms with Gasteiger partial charge in [-0.05, 0) is 61.2 Å². The summed E-state index contributed by atoms with van der Waals surface area (Å²) in [6, 6.07) is 7.54. The number of H-pyrrole nitrogens is 1. The molecule has 0 saturated heterocycles. The van der Waals surface area contributed by atoms with Gasteiger partial charge >= 0.3 is 5.69 Å². The number of ether oxygens (including phenoxy) is 1. The summed E-state index contributed by atoms with van der Waals surface area (Å²) in [5, 5.41) is 0. The molecule has 2 aromatic heterocycles. The molecule has 0 aliphatic carbocycles. The summed E-state index contributed by atoms with van der Waals surface area (Å²) in [5.41, 5.74) is 1.03. The van der Waals surface area contributed by atoms with Gasteiger partial charge in [-0.3, -0.25) is 14.3 Å². The van der Waals surface area contributed by atoms with Gasteiger partial charge in [-0.2, -0.15) is 13.8 Å². The molecule has 0 fully saturated rings. The summed E-state index contributed by atoms with van der Waals surface area (Å²) in [6.07, 6.45) is 0.300. The van der Waals surface area contributed by atoms with Crippen molar-refractivity contribution in [2.75, 3.05) is 0 Å². The first-order chi connectivity index (χ1) is 13.3. The van der Waals surface area contributed by atoms with Gasteiger partial charge in [-0.1, -0.05) is 13.0 Å². The molecule has 0 unspecified atom stereocenters. The van der Waals surface area contributed by atoms with Gasteiger partial charge in [0.2, 0.25) is 17.8 Å². The van der Waals surface area contributed by atoms with Crippen LogP contribution < -0.4 is 16.0 Å². The topological polar surface area (TPSA) is 77.0 Å². The SMILES string of the molecule is CCc1c(Oc2cc(C)cc(C)c2)n(Cc2cc(F)nc(F)c2)c(=O)[nH]c1=O. The van der Waals surface area contributed by atoms with Crippen molar-refractivity contribution in [3.05, 3.63) is 85.3 Å². The van der Waals surface area contributed by atoms with E-state index in [1.54, 1.807) is 19.1 Å². The third-order valence-electron chi connectivity index (χ3n) is 4.17. The van der Waals surface area contributed by atoms with Crippen molar-refractivity contribution in [1.29, 1.82) is 0 Å². The van der Waals surface area contributed by atoms with E-state index in [1.165, 1.54) is 0 Å². The summed E-state index contributed by atoms with van der Waals surface area (Å²) >= 11 is 0. The highest BCUT2D eigenvalue weighted by atomic mass is 19.1. The van der Waals surface area contributed by atoms with Gasteiger partial charge in [0.1, 0.15) is 5.75 Å². The lowest BCUT2D eigenvalue weighted by Crippen LogP contribution is -2.33. The fraction of sp³-hybridized carbons (Fsp3) is 0.250. The molecule has 0 aliphatic heterocycles.